The molecule has 3 amide bonds. The van der Waals surface area contributed by atoms with Gasteiger partial charge in [0, 0.05) is 29.7 Å². The molecule has 1 saturated heterocycles. The number of amides is 3. The second-order valence-corrected chi connectivity index (χ2v) is 11.2. The summed E-state index contributed by atoms with van der Waals surface area (Å²) in [6, 6.07) is 17.5. The fourth-order valence-electron chi connectivity index (χ4n) is 4.72. The lowest BCUT2D eigenvalue weighted by molar-refractivity contribution is -0.146. The van der Waals surface area contributed by atoms with Crippen LogP contribution in [0.25, 0.3) is 0 Å². The van der Waals surface area contributed by atoms with E-state index >= 15 is 0 Å². The lowest BCUT2D eigenvalue weighted by Gasteiger charge is -2.26. The largest absolute Gasteiger partial charge is 0.323 e. The minimum absolute atomic E-state index is 0.0616. The standard InChI is InChI=1S/C30H34N4O4S/c1-19(2)14-22-16-24(33-38)11-12-27(22)39-18-23-17-28(35)34(30(23)37)26(15-21-8-5-4-6-9-21)29(36)32-25-10-7-13-31-20(25)3/h4-13,16,19,23,26,33,38H,14-15,17-18H2,1-3H3,(H,32,36)/t23-,26-/m0/s1. The summed E-state index contributed by atoms with van der Waals surface area (Å²) in [5.41, 5.74) is 5.91. The van der Waals surface area contributed by atoms with E-state index in [4.69, 9.17) is 0 Å². The number of pyridine rings is 1. The zero-order chi connectivity index (χ0) is 27.9. The van der Waals surface area contributed by atoms with E-state index in [-0.39, 0.29) is 24.7 Å². The number of aromatic nitrogens is 1. The molecule has 2 atom stereocenters. The first kappa shape index (κ1) is 28.3. The Morgan fingerprint density at radius 2 is 1.87 bits per heavy atom. The average molecular weight is 547 g/mol. The second-order valence-electron chi connectivity index (χ2n) is 10.2. The summed E-state index contributed by atoms with van der Waals surface area (Å²) < 4.78 is 0. The molecule has 0 aliphatic carbocycles. The van der Waals surface area contributed by atoms with E-state index < -0.39 is 17.9 Å². The third-order valence-electron chi connectivity index (χ3n) is 6.69. The van der Waals surface area contributed by atoms with E-state index in [1.54, 1.807) is 31.3 Å². The van der Waals surface area contributed by atoms with Gasteiger partial charge in [0.05, 0.1) is 23.0 Å². The average Bonchev–Trinajstić information content (AvgIpc) is 3.20. The molecule has 3 N–H and O–H groups in total. The molecule has 1 fully saturated rings. The fourth-order valence-corrected chi connectivity index (χ4v) is 5.86. The number of benzene rings is 2. The monoisotopic (exact) mass is 546 g/mol. The van der Waals surface area contributed by atoms with Crippen LogP contribution in [-0.2, 0) is 27.2 Å². The van der Waals surface area contributed by atoms with Gasteiger partial charge in [-0.3, -0.25) is 35.0 Å². The minimum atomic E-state index is -0.978. The molecule has 1 aromatic heterocycles. The van der Waals surface area contributed by atoms with E-state index in [0.717, 1.165) is 27.3 Å². The Balaban J connectivity index is 1.54. The number of anilines is 2. The van der Waals surface area contributed by atoms with Gasteiger partial charge < -0.3 is 5.32 Å². The topological polar surface area (TPSA) is 112 Å². The molecule has 0 unspecified atom stereocenters. The number of imide groups is 1. The Labute approximate surface area is 233 Å². The number of rotatable bonds is 11. The van der Waals surface area contributed by atoms with Crippen LogP contribution in [0.3, 0.4) is 0 Å². The Morgan fingerprint density at radius 1 is 1.10 bits per heavy atom. The van der Waals surface area contributed by atoms with Crippen molar-refractivity contribution < 1.29 is 19.6 Å². The summed E-state index contributed by atoms with van der Waals surface area (Å²) in [6.45, 7) is 6.03. The highest BCUT2D eigenvalue weighted by Crippen LogP contribution is 2.33. The Bertz CT molecular complexity index is 1330. The zero-order valence-electron chi connectivity index (χ0n) is 22.4. The van der Waals surface area contributed by atoms with Crippen molar-refractivity contribution in [2.75, 3.05) is 16.5 Å². The van der Waals surface area contributed by atoms with Crippen LogP contribution in [0.5, 0.6) is 0 Å². The molecule has 8 nitrogen and oxygen atoms in total. The molecule has 2 heterocycles. The van der Waals surface area contributed by atoms with Gasteiger partial charge in [0.15, 0.2) is 0 Å². The SMILES string of the molecule is Cc1ncccc1NC(=O)[C@H](Cc1ccccc1)N1C(=O)C[C@@H](CSc2ccc(NO)cc2CC(C)C)C1=O. The summed E-state index contributed by atoms with van der Waals surface area (Å²) in [6.07, 6.45) is 2.74. The molecule has 0 radical (unpaired) electrons. The maximum atomic E-state index is 13.6. The maximum absolute atomic E-state index is 13.6. The van der Waals surface area contributed by atoms with Crippen molar-refractivity contribution in [1.82, 2.24) is 9.88 Å². The molecule has 2 aromatic carbocycles. The molecule has 1 aliphatic rings. The lowest BCUT2D eigenvalue weighted by atomic mass is 10.0. The Hall–Kier alpha value is -3.69. The van der Waals surface area contributed by atoms with Gasteiger partial charge >= 0.3 is 0 Å². The van der Waals surface area contributed by atoms with Crippen molar-refractivity contribution in [2.24, 2.45) is 11.8 Å². The molecule has 0 spiro atoms. The number of nitrogens with zero attached hydrogens (tertiary/aromatic N) is 2. The zero-order valence-corrected chi connectivity index (χ0v) is 23.2. The number of thioether (sulfide) groups is 1. The maximum Gasteiger partial charge on any atom is 0.248 e. The van der Waals surface area contributed by atoms with Crippen LogP contribution in [0, 0.1) is 18.8 Å². The predicted octanol–water partition coefficient (Wildman–Crippen LogP) is 5.11. The molecule has 1 aliphatic heterocycles. The first-order valence-electron chi connectivity index (χ1n) is 13.0. The van der Waals surface area contributed by atoms with E-state index in [1.165, 1.54) is 11.8 Å². The van der Waals surface area contributed by atoms with Gasteiger partial charge in [-0.15, -0.1) is 11.8 Å². The van der Waals surface area contributed by atoms with Crippen molar-refractivity contribution in [3.8, 4) is 0 Å². The van der Waals surface area contributed by atoms with Crippen molar-refractivity contribution in [3.05, 3.63) is 83.7 Å². The normalized spacial score (nSPS) is 16.0. The van der Waals surface area contributed by atoms with Gasteiger partial charge in [0.25, 0.3) is 0 Å². The van der Waals surface area contributed by atoms with Crippen LogP contribution in [0.4, 0.5) is 11.4 Å². The first-order valence-corrected chi connectivity index (χ1v) is 14.0. The number of carbonyl (C=O) groups excluding carboxylic acids is 3. The van der Waals surface area contributed by atoms with Gasteiger partial charge in [-0.25, -0.2) is 0 Å². The van der Waals surface area contributed by atoms with Crippen molar-refractivity contribution in [1.29, 1.82) is 0 Å². The smallest absolute Gasteiger partial charge is 0.248 e. The van der Waals surface area contributed by atoms with Crippen LogP contribution in [-0.4, -0.2) is 44.6 Å². The third-order valence-corrected chi connectivity index (χ3v) is 7.96. The van der Waals surface area contributed by atoms with Gasteiger partial charge in [-0.1, -0.05) is 44.2 Å². The highest BCUT2D eigenvalue weighted by molar-refractivity contribution is 7.99. The summed E-state index contributed by atoms with van der Waals surface area (Å²) in [5, 5.41) is 12.2. The molecular weight excluding hydrogens is 512 g/mol. The number of aryl methyl sites for hydroxylation is 1. The molecule has 4 rings (SSSR count). The van der Waals surface area contributed by atoms with E-state index in [9.17, 15) is 19.6 Å². The van der Waals surface area contributed by atoms with E-state index in [0.29, 0.717) is 28.7 Å². The number of likely N-dealkylation sites (tertiary alicyclic amines) is 1. The number of hydrogen-bond acceptors (Lipinski definition) is 7. The molecule has 3 aromatic rings. The summed E-state index contributed by atoms with van der Waals surface area (Å²) in [7, 11) is 0. The second kappa shape index (κ2) is 12.9. The van der Waals surface area contributed by atoms with Gasteiger partial charge in [-0.05, 0) is 60.7 Å². The Kier molecular flexibility index (Phi) is 9.37. The van der Waals surface area contributed by atoms with Gasteiger partial charge in [-0.2, -0.15) is 0 Å². The van der Waals surface area contributed by atoms with Crippen LogP contribution in [0.1, 0.15) is 37.1 Å². The summed E-state index contributed by atoms with van der Waals surface area (Å²) in [4.78, 5) is 46.7. The fraction of sp³-hybridized carbons (Fsp3) is 0.333. The molecule has 9 heteroatoms. The van der Waals surface area contributed by atoms with E-state index in [1.807, 2.05) is 42.5 Å². The van der Waals surface area contributed by atoms with Crippen LogP contribution >= 0.6 is 11.8 Å². The third kappa shape index (κ3) is 7.04. The predicted molar refractivity (Wildman–Crippen MR) is 153 cm³/mol. The first-order chi connectivity index (χ1) is 18.8. The molecule has 0 saturated carbocycles. The quantitative estimate of drug-likeness (QED) is 0.174. The van der Waals surface area contributed by atoms with Crippen molar-refractivity contribution in [3.63, 3.8) is 0 Å². The highest BCUT2D eigenvalue weighted by Gasteiger charge is 2.44. The molecular formula is C30H34N4O4S. The van der Waals surface area contributed by atoms with Gasteiger partial charge in [0.1, 0.15) is 6.04 Å². The number of hydrogen-bond donors (Lipinski definition) is 3. The van der Waals surface area contributed by atoms with Crippen LogP contribution in [0.2, 0.25) is 0 Å². The molecule has 204 valence electrons. The van der Waals surface area contributed by atoms with Crippen LogP contribution in [0.15, 0.2) is 71.8 Å². The number of nitrogens with one attached hydrogen (secondary N) is 2. The van der Waals surface area contributed by atoms with Crippen LogP contribution < -0.4 is 10.8 Å². The van der Waals surface area contributed by atoms with Gasteiger partial charge in [0.2, 0.25) is 17.7 Å². The lowest BCUT2D eigenvalue weighted by Crippen LogP contribution is -2.49. The van der Waals surface area contributed by atoms with Crippen molar-refractivity contribution >= 4 is 40.9 Å². The van der Waals surface area contributed by atoms with Crippen molar-refractivity contribution in [2.45, 2.75) is 51.0 Å². The summed E-state index contributed by atoms with van der Waals surface area (Å²) >= 11 is 1.52. The van der Waals surface area contributed by atoms with E-state index in [2.05, 4.69) is 29.6 Å². The molecule has 39 heavy (non-hydrogen) atoms. The minimum Gasteiger partial charge on any atom is -0.323 e. The number of carbonyl (C=O) groups is 3. The highest BCUT2D eigenvalue weighted by atomic mass is 32.2. The molecule has 0 bridgehead atoms. The Morgan fingerprint density at radius 3 is 2.56 bits per heavy atom. The summed E-state index contributed by atoms with van der Waals surface area (Å²) in [5.74, 6) is -0.798.